The lowest BCUT2D eigenvalue weighted by atomic mass is 10.1. The number of benzene rings is 3. The fourth-order valence-electron chi connectivity index (χ4n) is 3.17. The van der Waals surface area contributed by atoms with Crippen LogP contribution in [0.4, 0.5) is 5.69 Å². The number of hydrogen-bond donors (Lipinski definition) is 1. The Morgan fingerprint density at radius 2 is 1.75 bits per heavy atom. The van der Waals surface area contributed by atoms with Gasteiger partial charge in [-0.2, -0.15) is 0 Å². The summed E-state index contributed by atoms with van der Waals surface area (Å²) in [6, 6.07) is 22.0. The van der Waals surface area contributed by atoms with Crippen molar-refractivity contribution in [1.82, 2.24) is 4.90 Å². The average Bonchev–Trinajstić information content (AvgIpc) is 2.80. The van der Waals surface area contributed by atoms with Gasteiger partial charge < -0.3 is 15.0 Å². The van der Waals surface area contributed by atoms with Crippen LogP contribution in [0, 0.1) is 0 Å². The van der Waals surface area contributed by atoms with Crippen LogP contribution in [-0.2, 0) is 6.54 Å². The molecule has 0 unspecified atom stereocenters. The van der Waals surface area contributed by atoms with E-state index >= 15 is 0 Å². The quantitative estimate of drug-likeness (QED) is 0.362. The lowest BCUT2D eigenvalue weighted by Gasteiger charge is -2.18. The number of anilines is 1. The van der Waals surface area contributed by atoms with Crippen molar-refractivity contribution in [1.29, 1.82) is 0 Å². The fourth-order valence-corrected chi connectivity index (χ4v) is 3.66. The molecule has 0 aliphatic carbocycles. The molecule has 6 heteroatoms. The number of amides is 2. The van der Waals surface area contributed by atoms with E-state index in [-0.39, 0.29) is 11.8 Å². The van der Waals surface area contributed by atoms with Gasteiger partial charge in [-0.1, -0.05) is 49.7 Å². The van der Waals surface area contributed by atoms with Crippen molar-refractivity contribution in [2.75, 3.05) is 19.0 Å². The summed E-state index contributed by atoms with van der Waals surface area (Å²) in [5, 5.41) is 2.87. The van der Waals surface area contributed by atoms with Gasteiger partial charge in [-0.3, -0.25) is 9.59 Å². The Balaban J connectivity index is 1.65. The number of carbonyl (C=O) groups is 2. The summed E-state index contributed by atoms with van der Waals surface area (Å²) >= 11 is 3.47. The van der Waals surface area contributed by atoms with Gasteiger partial charge in [0.25, 0.3) is 11.8 Å². The number of ether oxygens (including phenoxy) is 1. The standard InChI is InChI=1S/C26H27BrN2O3/c1-3-4-15-32-24-14-13-20(17-23(24)27)25(30)28-22-12-8-11-21(16-22)26(31)29(2)18-19-9-6-5-7-10-19/h5-14,16-17H,3-4,15,18H2,1-2H3,(H,28,30). The van der Waals surface area contributed by atoms with E-state index in [1.165, 1.54) is 0 Å². The zero-order chi connectivity index (χ0) is 22.9. The molecule has 0 atom stereocenters. The molecule has 0 fully saturated rings. The molecular formula is C26H27BrN2O3. The molecule has 0 saturated carbocycles. The summed E-state index contributed by atoms with van der Waals surface area (Å²) in [5.41, 5.74) is 2.63. The van der Waals surface area contributed by atoms with E-state index in [9.17, 15) is 9.59 Å². The molecule has 3 rings (SSSR count). The van der Waals surface area contributed by atoms with Gasteiger partial charge in [-0.15, -0.1) is 0 Å². The molecule has 0 bridgehead atoms. The van der Waals surface area contributed by atoms with Crippen molar-refractivity contribution in [2.45, 2.75) is 26.3 Å². The van der Waals surface area contributed by atoms with Gasteiger partial charge >= 0.3 is 0 Å². The second kappa shape index (κ2) is 11.5. The molecule has 1 N–H and O–H groups in total. The predicted octanol–water partition coefficient (Wildman–Crippen LogP) is 6.15. The number of nitrogens with zero attached hydrogens (tertiary/aromatic N) is 1. The smallest absolute Gasteiger partial charge is 0.255 e. The van der Waals surface area contributed by atoms with E-state index in [2.05, 4.69) is 28.2 Å². The van der Waals surface area contributed by atoms with Crippen molar-refractivity contribution < 1.29 is 14.3 Å². The van der Waals surface area contributed by atoms with E-state index < -0.39 is 0 Å². The first kappa shape index (κ1) is 23.5. The molecule has 32 heavy (non-hydrogen) atoms. The van der Waals surface area contributed by atoms with Crippen LogP contribution >= 0.6 is 15.9 Å². The third-order valence-electron chi connectivity index (χ3n) is 4.93. The third-order valence-corrected chi connectivity index (χ3v) is 5.55. The number of carbonyl (C=O) groups excluding carboxylic acids is 2. The van der Waals surface area contributed by atoms with Crippen molar-refractivity contribution >= 4 is 33.4 Å². The van der Waals surface area contributed by atoms with Crippen LogP contribution in [0.25, 0.3) is 0 Å². The second-order valence-electron chi connectivity index (χ2n) is 7.53. The maximum atomic E-state index is 12.8. The Morgan fingerprint density at radius 1 is 0.969 bits per heavy atom. The molecule has 0 heterocycles. The molecule has 0 aromatic heterocycles. The van der Waals surface area contributed by atoms with E-state index in [4.69, 9.17) is 4.74 Å². The number of halogens is 1. The maximum Gasteiger partial charge on any atom is 0.255 e. The minimum Gasteiger partial charge on any atom is -0.492 e. The van der Waals surface area contributed by atoms with Crippen LogP contribution in [0.3, 0.4) is 0 Å². The van der Waals surface area contributed by atoms with Gasteiger partial charge in [-0.25, -0.2) is 0 Å². The van der Waals surface area contributed by atoms with E-state index in [1.807, 2.05) is 30.3 Å². The first-order chi connectivity index (χ1) is 15.5. The first-order valence-electron chi connectivity index (χ1n) is 10.6. The zero-order valence-electron chi connectivity index (χ0n) is 18.3. The van der Waals surface area contributed by atoms with Gasteiger partial charge in [0, 0.05) is 30.4 Å². The molecule has 3 aromatic carbocycles. The van der Waals surface area contributed by atoms with Crippen molar-refractivity contribution in [3.63, 3.8) is 0 Å². The van der Waals surface area contributed by atoms with E-state index in [0.717, 1.165) is 22.9 Å². The number of hydrogen-bond acceptors (Lipinski definition) is 3. The molecular weight excluding hydrogens is 468 g/mol. The summed E-state index contributed by atoms with van der Waals surface area (Å²) in [7, 11) is 1.77. The van der Waals surface area contributed by atoms with Crippen LogP contribution in [0.1, 0.15) is 46.0 Å². The third kappa shape index (κ3) is 6.44. The summed E-state index contributed by atoms with van der Waals surface area (Å²) in [6.45, 7) is 3.26. The highest BCUT2D eigenvalue weighted by Gasteiger charge is 2.14. The Bertz CT molecular complexity index is 1070. The summed E-state index contributed by atoms with van der Waals surface area (Å²) in [6.07, 6.45) is 2.03. The van der Waals surface area contributed by atoms with Gasteiger partial charge in [-0.05, 0) is 64.3 Å². The van der Waals surface area contributed by atoms with Gasteiger partial charge in [0.15, 0.2) is 0 Å². The molecule has 2 amide bonds. The average molecular weight is 495 g/mol. The lowest BCUT2D eigenvalue weighted by Crippen LogP contribution is -2.26. The summed E-state index contributed by atoms with van der Waals surface area (Å²) < 4.78 is 6.45. The minimum atomic E-state index is -0.256. The number of nitrogens with one attached hydrogen (secondary N) is 1. The molecule has 3 aromatic rings. The Hall–Kier alpha value is -3.12. The molecule has 0 spiro atoms. The van der Waals surface area contributed by atoms with Gasteiger partial charge in [0.05, 0.1) is 11.1 Å². The Labute approximate surface area is 197 Å². The van der Waals surface area contributed by atoms with Gasteiger partial charge in [0.1, 0.15) is 5.75 Å². The topological polar surface area (TPSA) is 58.6 Å². The molecule has 5 nitrogen and oxygen atoms in total. The molecule has 0 aliphatic rings. The SMILES string of the molecule is CCCCOc1ccc(C(=O)Nc2cccc(C(=O)N(C)Cc3ccccc3)c2)cc1Br. The minimum absolute atomic E-state index is 0.110. The van der Waals surface area contributed by atoms with Crippen LogP contribution in [0.2, 0.25) is 0 Å². The van der Waals surface area contributed by atoms with E-state index in [0.29, 0.717) is 35.7 Å². The highest BCUT2D eigenvalue weighted by molar-refractivity contribution is 9.10. The summed E-state index contributed by atoms with van der Waals surface area (Å²) in [5.74, 6) is 0.346. The van der Waals surface area contributed by atoms with E-state index in [1.54, 1.807) is 54.4 Å². The molecule has 0 saturated heterocycles. The monoisotopic (exact) mass is 494 g/mol. The molecule has 166 valence electrons. The van der Waals surface area contributed by atoms with Crippen molar-refractivity contribution in [2.24, 2.45) is 0 Å². The van der Waals surface area contributed by atoms with Crippen LogP contribution in [0.5, 0.6) is 5.75 Å². The summed E-state index contributed by atoms with van der Waals surface area (Å²) in [4.78, 5) is 27.2. The highest BCUT2D eigenvalue weighted by atomic mass is 79.9. The van der Waals surface area contributed by atoms with Gasteiger partial charge in [0.2, 0.25) is 0 Å². The normalized spacial score (nSPS) is 10.5. The maximum absolute atomic E-state index is 12.8. The Morgan fingerprint density at radius 3 is 2.47 bits per heavy atom. The van der Waals surface area contributed by atoms with Crippen LogP contribution in [0.15, 0.2) is 77.3 Å². The molecule has 0 radical (unpaired) electrons. The van der Waals surface area contributed by atoms with Crippen molar-refractivity contribution in [3.05, 3.63) is 94.0 Å². The van der Waals surface area contributed by atoms with Crippen LogP contribution in [-0.4, -0.2) is 30.4 Å². The van der Waals surface area contributed by atoms with Crippen molar-refractivity contribution in [3.8, 4) is 5.75 Å². The first-order valence-corrected chi connectivity index (χ1v) is 11.4. The zero-order valence-corrected chi connectivity index (χ0v) is 19.9. The predicted molar refractivity (Wildman–Crippen MR) is 131 cm³/mol. The largest absolute Gasteiger partial charge is 0.492 e. The highest BCUT2D eigenvalue weighted by Crippen LogP contribution is 2.27. The Kier molecular flexibility index (Phi) is 8.45. The number of unbranched alkanes of at least 4 members (excludes halogenated alkanes) is 1. The fraction of sp³-hybridized carbons (Fsp3) is 0.231. The number of rotatable bonds is 9. The second-order valence-corrected chi connectivity index (χ2v) is 8.38. The lowest BCUT2D eigenvalue weighted by molar-refractivity contribution is 0.0784. The van der Waals surface area contributed by atoms with Crippen LogP contribution < -0.4 is 10.1 Å². The molecule has 0 aliphatic heterocycles.